The van der Waals surface area contributed by atoms with E-state index in [2.05, 4.69) is 5.73 Å². The highest BCUT2D eigenvalue weighted by molar-refractivity contribution is 5.96. The molecule has 17 heavy (non-hydrogen) atoms. The van der Waals surface area contributed by atoms with Crippen molar-refractivity contribution in [1.82, 2.24) is 0 Å². The molecule has 4 N–H and O–H groups in total. The van der Waals surface area contributed by atoms with Gasteiger partial charge in [0.05, 0.1) is 11.1 Å². The Morgan fingerprint density at radius 2 is 1.35 bits per heavy atom. The number of nitrogens with two attached hydrogens (primary N) is 1. The van der Waals surface area contributed by atoms with Gasteiger partial charge in [-0.25, -0.2) is 19.5 Å². The van der Waals surface area contributed by atoms with Crippen LogP contribution in [0.15, 0.2) is 18.2 Å². The molecule has 91 valence electrons. The molecule has 1 amide bonds. The Bertz CT molecular complexity index is 418. The van der Waals surface area contributed by atoms with Crippen molar-refractivity contribution in [3.63, 3.8) is 0 Å². The van der Waals surface area contributed by atoms with Gasteiger partial charge in [-0.05, 0) is 24.6 Å². The molecule has 1 rings (SSSR count). The predicted octanol–water partition coefficient (Wildman–Crippen LogP) is 0.887. The van der Waals surface area contributed by atoms with Crippen molar-refractivity contribution in [2.75, 3.05) is 0 Å². The van der Waals surface area contributed by atoms with Crippen LogP contribution in [0.2, 0.25) is 0 Å². The van der Waals surface area contributed by atoms with Gasteiger partial charge in [0.1, 0.15) is 0 Å². The van der Waals surface area contributed by atoms with E-state index >= 15 is 0 Å². The standard InChI is InChI=1S/C9H8O4.CH2NO2/c1-5-6(8(10)11)3-2-4-7(5)9(12)13;2-1(3)4/h2-4H,1H3,(H,10,11)(H,12,13);2H2. The van der Waals surface area contributed by atoms with E-state index in [0.29, 0.717) is 0 Å². The lowest BCUT2D eigenvalue weighted by molar-refractivity contribution is 0.0696. The van der Waals surface area contributed by atoms with E-state index in [1.807, 2.05) is 0 Å². The topological polar surface area (TPSA) is 138 Å². The number of carbonyl (C=O) groups excluding carboxylic acids is 1. The van der Waals surface area contributed by atoms with Crippen LogP contribution in [0.5, 0.6) is 0 Å². The summed E-state index contributed by atoms with van der Waals surface area (Å²) in [4.78, 5) is 29.9. The highest BCUT2D eigenvalue weighted by Gasteiger charge is 2.13. The Balaban J connectivity index is 0.000000557. The van der Waals surface area contributed by atoms with Crippen LogP contribution in [0.25, 0.3) is 0 Å². The third-order valence-electron chi connectivity index (χ3n) is 1.79. The van der Waals surface area contributed by atoms with Crippen LogP contribution in [-0.2, 0) is 5.11 Å². The van der Waals surface area contributed by atoms with Gasteiger partial charge in [0.25, 0.3) is 0 Å². The van der Waals surface area contributed by atoms with E-state index in [-0.39, 0.29) is 16.7 Å². The second kappa shape index (κ2) is 6.11. The smallest absolute Gasteiger partial charge is 0.448 e. The minimum absolute atomic E-state index is 0.0277. The van der Waals surface area contributed by atoms with Gasteiger partial charge < -0.3 is 15.9 Å². The maximum absolute atomic E-state index is 10.6. The number of rotatable bonds is 2. The van der Waals surface area contributed by atoms with Gasteiger partial charge in [-0.15, -0.1) is 0 Å². The first-order chi connectivity index (χ1) is 7.77. The van der Waals surface area contributed by atoms with E-state index in [4.69, 9.17) is 20.1 Å². The normalized spacial score (nSPS) is 8.76. The largest absolute Gasteiger partial charge is 0.478 e. The number of carbonyl (C=O) groups is 3. The predicted molar refractivity (Wildman–Crippen MR) is 55.4 cm³/mol. The zero-order valence-corrected chi connectivity index (χ0v) is 8.84. The molecule has 0 unspecified atom stereocenters. The third kappa shape index (κ3) is 4.65. The van der Waals surface area contributed by atoms with E-state index in [9.17, 15) is 9.59 Å². The lowest BCUT2D eigenvalue weighted by Crippen LogP contribution is -2.06. The third-order valence-corrected chi connectivity index (χ3v) is 1.79. The number of hydrogen-bond acceptors (Lipinski definition) is 3. The molecule has 7 heteroatoms. The minimum atomic E-state index is -1.58. The zero-order chi connectivity index (χ0) is 13.6. The number of amides is 1. The summed E-state index contributed by atoms with van der Waals surface area (Å²) in [7, 11) is 0. The van der Waals surface area contributed by atoms with Crippen LogP contribution < -0.4 is 5.73 Å². The number of carboxylic acid groups (broad SMARTS) is 2. The lowest BCUT2D eigenvalue weighted by atomic mass is 10.0. The van der Waals surface area contributed by atoms with Crippen molar-refractivity contribution in [3.8, 4) is 0 Å². The average molecular weight is 240 g/mol. The number of primary amides is 1. The van der Waals surface area contributed by atoms with Crippen LogP contribution in [0, 0.1) is 6.92 Å². The molecule has 0 saturated carbocycles. The number of aromatic carboxylic acids is 2. The van der Waals surface area contributed by atoms with Gasteiger partial charge in [0.15, 0.2) is 0 Å². The fourth-order valence-electron chi connectivity index (χ4n) is 1.10. The summed E-state index contributed by atoms with van der Waals surface area (Å²) in [6.45, 7) is 1.48. The Labute approximate surface area is 96.1 Å². The summed E-state index contributed by atoms with van der Waals surface area (Å²) in [5.74, 6) is -2.22. The van der Waals surface area contributed by atoms with Gasteiger partial charge >= 0.3 is 18.0 Å². The molecule has 0 aliphatic rings. The van der Waals surface area contributed by atoms with Gasteiger partial charge in [0.2, 0.25) is 0 Å². The van der Waals surface area contributed by atoms with Gasteiger partial charge in [0, 0.05) is 0 Å². The highest BCUT2D eigenvalue weighted by atomic mass is 16.4. The van der Waals surface area contributed by atoms with E-state index in [1.54, 1.807) is 0 Å². The van der Waals surface area contributed by atoms with Crippen molar-refractivity contribution in [3.05, 3.63) is 34.9 Å². The summed E-state index contributed by atoms with van der Waals surface area (Å²) in [6.07, 6.45) is -1.58. The second-order valence-electron chi connectivity index (χ2n) is 2.91. The van der Waals surface area contributed by atoms with Gasteiger partial charge in [-0.1, -0.05) is 6.07 Å². The van der Waals surface area contributed by atoms with Crippen LogP contribution in [0.4, 0.5) is 4.79 Å². The molecule has 1 aromatic carbocycles. The number of benzene rings is 1. The van der Waals surface area contributed by atoms with Gasteiger partial charge in [-0.2, -0.15) is 0 Å². The maximum Gasteiger partial charge on any atom is 0.448 e. The van der Waals surface area contributed by atoms with E-state index < -0.39 is 18.0 Å². The first-order valence-electron chi connectivity index (χ1n) is 4.30. The molecule has 0 bridgehead atoms. The lowest BCUT2D eigenvalue weighted by Gasteiger charge is -2.03. The summed E-state index contributed by atoms with van der Waals surface area (Å²) in [6, 6.07) is 4.17. The fourth-order valence-corrected chi connectivity index (χ4v) is 1.10. The summed E-state index contributed by atoms with van der Waals surface area (Å²) in [5.41, 5.74) is 4.25. The Morgan fingerprint density at radius 3 is 1.59 bits per heavy atom. The van der Waals surface area contributed by atoms with E-state index in [1.165, 1.54) is 25.1 Å². The summed E-state index contributed by atoms with van der Waals surface area (Å²) in [5, 5.41) is 26.0. The molecule has 0 heterocycles. The van der Waals surface area contributed by atoms with Crippen LogP contribution in [0.1, 0.15) is 26.3 Å². The summed E-state index contributed by atoms with van der Waals surface area (Å²) < 4.78 is 0. The SMILES string of the molecule is Cc1c(C(=O)O)cccc1C(=O)O.NC([O])=O. The quantitative estimate of drug-likeness (QED) is 0.704. The summed E-state index contributed by atoms with van der Waals surface area (Å²) >= 11 is 0. The van der Waals surface area contributed by atoms with Crippen LogP contribution in [0.3, 0.4) is 0 Å². The molecule has 0 spiro atoms. The molecule has 1 radical (unpaired) electrons. The molecule has 0 aliphatic heterocycles. The molecule has 0 saturated heterocycles. The number of hydrogen-bond donors (Lipinski definition) is 3. The van der Waals surface area contributed by atoms with Crippen molar-refractivity contribution in [1.29, 1.82) is 0 Å². The molecule has 0 aliphatic carbocycles. The Kier molecular flexibility index (Phi) is 5.19. The minimum Gasteiger partial charge on any atom is -0.478 e. The van der Waals surface area contributed by atoms with Crippen LogP contribution in [-0.4, -0.2) is 28.2 Å². The molecular weight excluding hydrogens is 230 g/mol. The first kappa shape index (κ1) is 14.4. The second-order valence-corrected chi connectivity index (χ2v) is 2.91. The molecule has 0 fully saturated rings. The maximum atomic E-state index is 10.6. The van der Waals surface area contributed by atoms with Crippen molar-refractivity contribution in [2.24, 2.45) is 5.73 Å². The van der Waals surface area contributed by atoms with E-state index in [0.717, 1.165) is 0 Å². The zero-order valence-electron chi connectivity index (χ0n) is 8.84. The molecule has 0 atom stereocenters. The van der Waals surface area contributed by atoms with Crippen LogP contribution >= 0.6 is 0 Å². The van der Waals surface area contributed by atoms with Gasteiger partial charge in [-0.3, -0.25) is 0 Å². The Morgan fingerprint density at radius 1 is 1.06 bits per heavy atom. The highest BCUT2D eigenvalue weighted by Crippen LogP contribution is 2.13. The molecule has 7 nitrogen and oxygen atoms in total. The molecule has 1 aromatic rings. The molecular formula is C10H10NO6. The first-order valence-corrected chi connectivity index (χ1v) is 4.30. The average Bonchev–Trinajstić information content (AvgIpc) is 2.15. The van der Waals surface area contributed by atoms with Crippen molar-refractivity contribution in [2.45, 2.75) is 6.92 Å². The monoisotopic (exact) mass is 240 g/mol. The fraction of sp³-hybridized carbons (Fsp3) is 0.100. The van der Waals surface area contributed by atoms with Crippen molar-refractivity contribution >= 4 is 18.0 Å². The van der Waals surface area contributed by atoms with Crippen molar-refractivity contribution < 1.29 is 29.7 Å². The molecule has 0 aromatic heterocycles. The Hall–Kier alpha value is -2.57. The number of carboxylic acids is 2.